The Balaban J connectivity index is 1.51. The second-order valence-corrected chi connectivity index (χ2v) is 8.13. The van der Waals surface area contributed by atoms with Crippen molar-refractivity contribution in [1.29, 1.82) is 0 Å². The van der Waals surface area contributed by atoms with Crippen LogP contribution in [0, 0.1) is 6.92 Å². The van der Waals surface area contributed by atoms with Crippen LogP contribution in [0.15, 0.2) is 29.1 Å². The summed E-state index contributed by atoms with van der Waals surface area (Å²) in [6.07, 6.45) is 4.52. The molecule has 0 fully saturated rings. The lowest BCUT2D eigenvalue weighted by atomic mass is 10.0. The Bertz CT molecular complexity index is 1050. The number of nitrogens with zero attached hydrogens (tertiary/aromatic N) is 3. The number of fused-ring (bicyclic) bond motifs is 2. The molecule has 4 rings (SSSR count). The molecule has 0 aliphatic heterocycles. The summed E-state index contributed by atoms with van der Waals surface area (Å²) in [5.74, 6) is -0.236. The Morgan fingerprint density at radius 1 is 1.26 bits per heavy atom. The van der Waals surface area contributed by atoms with Gasteiger partial charge in [-0.25, -0.2) is 9.67 Å². The van der Waals surface area contributed by atoms with E-state index in [1.54, 1.807) is 17.4 Å². The van der Waals surface area contributed by atoms with Crippen molar-refractivity contribution in [2.75, 3.05) is 0 Å². The molecule has 0 bridgehead atoms. The first kappa shape index (κ1) is 17.9. The van der Waals surface area contributed by atoms with Crippen molar-refractivity contribution in [3.05, 3.63) is 55.9 Å². The number of hydrogen-bond acceptors (Lipinski definition) is 5. The number of aromatic nitrogens is 3. The molecular formula is C20H22N4O2S. The molecule has 0 unspecified atom stereocenters. The summed E-state index contributed by atoms with van der Waals surface area (Å²) in [5.41, 5.74) is 1.67. The molecule has 0 saturated heterocycles. The lowest BCUT2D eigenvalue weighted by Gasteiger charge is -2.13. The van der Waals surface area contributed by atoms with Crippen molar-refractivity contribution >= 4 is 28.0 Å². The molecule has 2 heterocycles. The van der Waals surface area contributed by atoms with Crippen LogP contribution in [0.1, 0.15) is 47.1 Å². The molecule has 0 saturated carbocycles. The molecule has 3 aromatic rings. The van der Waals surface area contributed by atoms with E-state index >= 15 is 0 Å². The normalized spacial score (nSPS) is 14.7. The number of benzene rings is 1. The molecular weight excluding hydrogens is 360 g/mol. The van der Waals surface area contributed by atoms with E-state index in [4.69, 9.17) is 4.98 Å². The molecule has 27 heavy (non-hydrogen) atoms. The van der Waals surface area contributed by atoms with E-state index in [0.717, 1.165) is 28.9 Å². The number of carbonyl (C=O) groups is 1. The van der Waals surface area contributed by atoms with Crippen LogP contribution in [0.2, 0.25) is 0 Å². The van der Waals surface area contributed by atoms with E-state index in [1.807, 2.05) is 32.0 Å². The van der Waals surface area contributed by atoms with Crippen LogP contribution in [0.5, 0.6) is 0 Å². The second-order valence-electron chi connectivity index (χ2n) is 7.01. The summed E-state index contributed by atoms with van der Waals surface area (Å²) in [6, 6.07) is 7.16. The topological polar surface area (TPSA) is 76.9 Å². The number of carbonyl (C=O) groups excluding carboxylic acids is 1. The maximum Gasteiger partial charge on any atom is 0.275 e. The minimum absolute atomic E-state index is 0.0973. The van der Waals surface area contributed by atoms with Crippen molar-refractivity contribution in [2.24, 2.45) is 0 Å². The molecule has 2 aromatic heterocycles. The molecule has 1 atom stereocenters. The van der Waals surface area contributed by atoms with Gasteiger partial charge in [0.15, 0.2) is 0 Å². The predicted molar refractivity (Wildman–Crippen MR) is 106 cm³/mol. The maximum absolute atomic E-state index is 12.6. The average Bonchev–Trinajstić information content (AvgIpc) is 3.10. The molecule has 6 nitrogen and oxygen atoms in total. The molecule has 1 aliphatic carbocycles. The molecule has 1 amide bonds. The maximum atomic E-state index is 12.6. The van der Waals surface area contributed by atoms with Gasteiger partial charge in [-0.1, -0.05) is 18.2 Å². The van der Waals surface area contributed by atoms with Gasteiger partial charge in [0.2, 0.25) is 5.91 Å². The smallest absolute Gasteiger partial charge is 0.275 e. The molecule has 7 heteroatoms. The van der Waals surface area contributed by atoms with E-state index in [1.165, 1.54) is 28.1 Å². The van der Waals surface area contributed by atoms with Gasteiger partial charge in [0, 0.05) is 10.3 Å². The highest BCUT2D eigenvalue weighted by molar-refractivity contribution is 7.11. The van der Waals surface area contributed by atoms with Crippen LogP contribution < -0.4 is 10.9 Å². The minimum atomic E-state index is -0.247. The van der Waals surface area contributed by atoms with Gasteiger partial charge in [-0.05, 0) is 45.6 Å². The third-order valence-corrected chi connectivity index (χ3v) is 6.30. The Morgan fingerprint density at radius 2 is 2.00 bits per heavy atom. The summed E-state index contributed by atoms with van der Waals surface area (Å²) in [6.45, 7) is 3.68. The SMILES string of the molecule is Cc1nn(CC(=O)N[C@@H](C)c2nc3c(s2)CCCC3)c(=O)c2ccccc12. The fraction of sp³-hybridized carbons (Fsp3) is 0.400. The van der Waals surface area contributed by atoms with Gasteiger partial charge in [0.1, 0.15) is 11.6 Å². The third-order valence-electron chi connectivity index (χ3n) is 4.96. The van der Waals surface area contributed by atoms with Gasteiger partial charge in [-0.3, -0.25) is 9.59 Å². The zero-order valence-corrected chi connectivity index (χ0v) is 16.3. The van der Waals surface area contributed by atoms with Crippen LogP contribution in [-0.2, 0) is 24.2 Å². The Hall–Kier alpha value is -2.54. The van der Waals surface area contributed by atoms with Crippen molar-refractivity contribution in [1.82, 2.24) is 20.1 Å². The highest BCUT2D eigenvalue weighted by Crippen LogP contribution is 2.29. The molecule has 1 aromatic carbocycles. The van der Waals surface area contributed by atoms with E-state index in [2.05, 4.69) is 10.4 Å². The Labute approximate surface area is 161 Å². The van der Waals surface area contributed by atoms with Crippen LogP contribution in [0.4, 0.5) is 0 Å². The van der Waals surface area contributed by atoms with Crippen molar-refractivity contribution in [3.8, 4) is 0 Å². The van der Waals surface area contributed by atoms with Crippen LogP contribution in [0.3, 0.4) is 0 Å². The second kappa shape index (κ2) is 7.23. The first-order valence-corrected chi connectivity index (χ1v) is 10.1. The fourth-order valence-corrected chi connectivity index (χ4v) is 4.71. The van der Waals surface area contributed by atoms with Crippen LogP contribution in [0.25, 0.3) is 10.8 Å². The summed E-state index contributed by atoms with van der Waals surface area (Å²) in [7, 11) is 0. The number of aryl methyl sites for hydroxylation is 3. The van der Waals surface area contributed by atoms with E-state index in [0.29, 0.717) is 5.39 Å². The lowest BCUT2D eigenvalue weighted by Crippen LogP contribution is -2.35. The van der Waals surface area contributed by atoms with Gasteiger partial charge in [0.05, 0.1) is 22.8 Å². The minimum Gasteiger partial charge on any atom is -0.346 e. The highest BCUT2D eigenvalue weighted by Gasteiger charge is 2.20. The standard InChI is InChI=1S/C20H22N4O2S/c1-12-14-7-3-4-8-15(14)20(26)24(23-12)11-18(25)21-13(2)19-22-16-9-5-6-10-17(16)27-19/h3-4,7-8,13H,5-6,9-11H2,1-2H3,(H,21,25)/t13-/m0/s1. The number of hydrogen-bond donors (Lipinski definition) is 1. The molecule has 1 aliphatic rings. The van der Waals surface area contributed by atoms with E-state index in [-0.39, 0.29) is 24.1 Å². The fourth-order valence-electron chi connectivity index (χ4n) is 3.55. The zero-order valence-electron chi connectivity index (χ0n) is 15.5. The molecule has 1 N–H and O–H groups in total. The van der Waals surface area contributed by atoms with E-state index in [9.17, 15) is 9.59 Å². The van der Waals surface area contributed by atoms with Gasteiger partial charge in [-0.15, -0.1) is 11.3 Å². The van der Waals surface area contributed by atoms with E-state index < -0.39 is 0 Å². The highest BCUT2D eigenvalue weighted by atomic mass is 32.1. The number of rotatable bonds is 4. The summed E-state index contributed by atoms with van der Waals surface area (Å²) < 4.78 is 1.24. The quantitative estimate of drug-likeness (QED) is 0.753. The first-order chi connectivity index (χ1) is 13.0. The largest absolute Gasteiger partial charge is 0.346 e. The monoisotopic (exact) mass is 382 g/mol. The summed E-state index contributed by atoms with van der Waals surface area (Å²) in [4.78, 5) is 31.2. The Morgan fingerprint density at radius 3 is 2.78 bits per heavy atom. The number of nitrogens with one attached hydrogen (secondary N) is 1. The lowest BCUT2D eigenvalue weighted by molar-refractivity contribution is -0.122. The average molecular weight is 382 g/mol. The van der Waals surface area contributed by atoms with Crippen LogP contribution >= 0.6 is 11.3 Å². The van der Waals surface area contributed by atoms with Gasteiger partial charge >= 0.3 is 0 Å². The summed E-state index contributed by atoms with van der Waals surface area (Å²) >= 11 is 1.69. The predicted octanol–water partition coefficient (Wildman–Crippen LogP) is 2.92. The Kier molecular flexibility index (Phi) is 4.78. The van der Waals surface area contributed by atoms with Crippen molar-refractivity contribution in [3.63, 3.8) is 0 Å². The van der Waals surface area contributed by atoms with Crippen molar-refractivity contribution in [2.45, 2.75) is 52.1 Å². The number of amides is 1. The molecule has 0 spiro atoms. The van der Waals surface area contributed by atoms with Crippen molar-refractivity contribution < 1.29 is 4.79 Å². The zero-order chi connectivity index (χ0) is 19.0. The van der Waals surface area contributed by atoms with Gasteiger partial charge < -0.3 is 5.32 Å². The summed E-state index contributed by atoms with van der Waals surface area (Å²) in [5, 5.41) is 9.60. The molecule has 140 valence electrons. The molecule has 0 radical (unpaired) electrons. The first-order valence-electron chi connectivity index (χ1n) is 9.27. The number of thiazole rings is 1. The van der Waals surface area contributed by atoms with Gasteiger partial charge in [0.25, 0.3) is 5.56 Å². The van der Waals surface area contributed by atoms with Crippen LogP contribution in [-0.4, -0.2) is 20.7 Å². The van der Waals surface area contributed by atoms with Gasteiger partial charge in [-0.2, -0.15) is 5.10 Å². The third kappa shape index (κ3) is 3.51.